The molecule has 0 aliphatic heterocycles. The third-order valence-electron chi connectivity index (χ3n) is 3.09. The van der Waals surface area contributed by atoms with E-state index in [1.807, 2.05) is 13.8 Å². The van der Waals surface area contributed by atoms with Crippen LogP contribution in [0.3, 0.4) is 0 Å². The molecule has 1 rings (SSSR count). The van der Waals surface area contributed by atoms with Gasteiger partial charge in [-0.25, -0.2) is 4.79 Å². The summed E-state index contributed by atoms with van der Waals surface area (Å²) in [7, 11) is 0. The molecule has 1 saturated carbocycles. The van der Waals surface area contributed by atoms with E-state index in [0.29, 0.717) is 31.3 Å². The molecule has 0 aromatic rings. The van der Waals surface area contributed by atoms with Crippen LogP contribution in [0.2, 0.25) is 0 Å². The highest BCUT2D eigenvalue weighted by Crippen LogP contribution is 2.25. The summed E-state index contributed by atoms with van der Waals surface area (Å²) >= 11 is 0. The van der Waals surface area contributed by atoms with Gasteiger partial charge in [-0.05, 0) is 32.6 Å². The SMILES string of the molecule is CCOCC(=CC1CCCCC1)C(=O)OCC. The van der Waals surface area contributed by atoms with Crippen molar-refractivity contribution in [3.63, 3.8) is 0 Å². The molecule has 0 aromatic carbocycles. The summed E-state index contributed by atoms with van der Waals surface area (Å²) in [5.74, 6) is 0.315. The molecule has 0 unspecified atom stereocenters. The van der Waals surface area contributed by atoms with Crippen LogP contribution in [0.5, 0.6) is 0 Å². The van der Waals surface area contributed by atoms with Gasteiger partial charge in [0.15, 0.2) is 0 Å². The molecule has 0 amide bonds. The van der Waals surface area contributed by atoms with Crippen LogP contribution in [0, 0.1) is 5.92 Å². The maximum Gasteiger partial charge on any atom is 0.336 e. The van der Waals surface area contributed by atoms with Gasteiger partial charge < -0.3 is 9.47 Å². The van der Waals surface area contributed by atoms with Gasteiger partial charge in [0.05, 0.1) is 18.8 Å². The van der Waals surface area contributed by atoms with Crippen molar-refractivity contribution in [2.45, 2.75) is 46.0 Å². The number of esters is 1. The Morgan fingerprint density at radius 3 is 2.47 bits per heavy atom. The van der Waals surface area contributed by atoms with Crippen molar-refractivity contribution < 1.29 is 14.3 Å². The highest BCUT2D eigenvalue weighted by Gasteiger charge is 2.16. The van der Waals surface area contributed by atoms with Crippen LogP contribution in [0.15, 0.2) is 11.6 Å². The number of allylic oxidation sites excluding steroid dienone is 1. The summed E-state index contributed by atoms with van der Waals surface area (Å²) in [5.41, 5.74) is 0.695. The first-order valence-electron chi connectivity index (χ1n) is 6.73. The van der Waals surface area contributed by atoms with Gasteiger partial charge in [0.1, 0.15) is 0 Å². The standard InChI is InChI=1S/C14H24O3/c1-3-16-11-13(14(15)17-4-2)10-12-8-6-5-7-9-12/h10,12H,3-9,11H2,1-2H3. The van der Waals surface area contributed by atoms with Crippen molar-refractivity contribution >= 4 is 5.97 Å². The fourth-order valence-electron chi connectivity index (χ4n) is 2.20. The molecule has 3 heteroatoms. The number of hydrogen-bond acceptors (Lipinski definition) is 3. The van der Waals surface area contributed by atoms with Crippen molar-refractivity contribution in [1.82, 2.24) is 0 Å². The molecule has 0 atom stereocenters. The van der Waals surface area contributed by atoms with Gasteiger partial charge in [-0.3, -0.25) is 0 Å². The van der Waals surface area contributed by atoms with Gasteiger partial charge in [-0.1, -0.05) is 25.3 Å². The fourth-order valence-corrected chi connectivity index (χ4v) is 2.20. The van der Waals surface area contributed by atoms with E-state index in [4.69, 9.17) is 9.47 Å². The predicted octanol–water partition coefficient (Wildman–Crippen LogP) is 3.09. The molecule has 3 nitrogen and oxygen atoms in total. The Morgan fingerprint density at radius 1 is 1.18 bits per heavy atom. The molecule has 98 valence electrons. The third-order valence-corrected chi connectivity index (χ3v) is 3.09. The minimum atomic E-state index is -0.216. The maximum atomic E-state index is 11.8. The molecule has 0 heterocycles. The third kappa shape index (κ3) is 5.35. The van der Waals surface area contributed by atoms with E-state index in [9.17, 15) is 4.79 Å². The van der Waals surface area contributed by atoms with E-state index in [1.165, 1.54) is 32.1 Å². The van der Waals surface area contributed by atoms with Crippen molar-refractivity contribution in [3.8, 4) is 0 Å². The smallest absolute Gasteiger partial charge is 0.336 e. The lowest BCUT2D eigenvalue weighted by molar-refractivity contribution is -0.139. The van der Waals surface area contributed by atoms with Crippen LogP contribution in [-0.4, -0.2) is 25.8 Å². The van der Waals surface area contributed by atoms with Crippen LogP contribution < -0.4 is 0 Å². The minimum absolute atomic E-state index is 0.216. The Balaban J connectivity index is 2.58. The number of rotatable bonds is 6. The van der Waals surface area contributed by atoms with Gasteiger partial charge >= 0.3 is 5.97 Å². The van der Waals surface area contributed by atoms with Gasteiger partial charge in [-0.15, -0.1) is 0 Å². The summed E-state index contributed by atoms with van der Waals surface area (Å²) in [6.07, 6.45) is 8.32. The molecule has 0 saturated heterocycles. The summed E-state index contributed by atoms with van der Waals surface area (Å²) in [6, 6.07) is 0. The molecule has 0 aromatic heterocycles. The molecular weight excluding hydrogens is 216 g/mol. The highest BCUT2D eigenvalue weighted by atomic mass is 16.5. The Labute approximate surface area is 104 Å². The molecule has 0 radical (unpaired) electrons. The van der Waals surface area contributed by atoms with Crippen LogP contribution in [0.25, 0.3) is 0 Å². The summed E-state index contributed by atoms with van der Waals surface area (Å²) < 4.78 is 10.4. The summed E-state index contributed by atoms with van der Waals surface area (Å²) in [5, 5.41) is 0. The Hall–Kier alpha value is -0.830. The molecule has 0 N–H and O–H groups in total. The Bertz CT molecular complexity index is 252. The Morgan fingerprint density at radius 2 is 1.88 bits per heavy atom. The molecule has 1 aliphatic carbocycles. The van der Waals surface area contributed by atoms with Crippen LogP contribution in [0.1, 0.15) is 46.0 Å². The van der Waals surface area contributed by atoms with E-state index < -0.39 is 0 Å². The summed E-state index contributed by atoms with van der Waals surface area (Å²) in [4.78, 5) is 11.8. The van der Waals surface area contributed by atoms with Gasteiger partial charge in [0.2, 0.25) is 0 Å². The van der Waals surface area contributed by atoms with Crippen LogP contribution >= 0.6 is 0 Å². The monoisotopic (exact) mass is 240 g/mol. The van der Waals surface area contributed by atoms with E-state index in [-0.39, 0.29) is 5.97 Å². The second-order valence-corrected chi connectivity index (χ2v) is 4.45. The zero-order valence-electron chi connectivity index (χ0n) is 11.0. The molecular formula is C14H24O3. The average molecular weight is 240 g/mol. The first kappa shape index (κ1) is 14.2. The lowest BCUT2D eigenvalue weighted by Crippen LogP contribution is -2.15. The fraction of sp³-hybridized carbons (Fsp3) is 0.786. The van der Waals surface area contributed by atoms with E-state index >= 15 is 0 Å². The lowest BCUT2D eigenvalue weighted by Gasteiger charge is -2.19. The maximum absolute atomic E-state index is 11.8. The topological polar surface area (TPSA) is 35.5 Å². The van der Waals surface area contributed by atoms with Crippen molar-refractivity contribution in [3.05, 3.63) is 11.6 Å². The molecule has 17 heavy (non-hydrogen) atoms. The minimum Gasteiger partial charge on any atom is -0.463 e. The second-order valence-electron chi connectivity index (χ2n) is 4.45. The Kier molecular flexibility index (Phi) is 6.94. The van der Waals surface area contributed by atoms with Crippen molar-refractivity contribution in [1.29, 1.82) is 0 Å². The number of carbonyl (C=O) groups is 1. The highest BCUT2D eigenvalue weighted by molar-refractivity contribution is 5.88. The molecule has 1 aliphatic rings. The summed E-state index contributed by atoms with van der Waals surface area (Å²) in [6.45, 7) is 5.19. The zero-order valence-corrected chi connectivity index (χ0v) is 11.0. The van der Waals surface area contributed by atoms with E-state index in [0.717, 1.165) is 0 Å². The van der Waals surface area contributed by atoms with Crippen molar-refractivity contribution in [2.24, 2.45) is 5.92 Å². The first-order chi connectivity index (χ1) is 8.27. The first-order valence-corrected chi connectivity index (χ1v) is 6.73. The normalized spacial score (nSPS) is 18.1. The number of ether oxygens (including phenoxy) is 2. The number of hydrogen-bond donors (Lipinski definition) is 0. The lowest BCUT2D eigenvalue weighted by atomic mass is 9.88. The van der Waals surface area contributed by atoms with E-state index in [2.05, 4.69) is 6.08 Å². The van der Waals surface area contributed by atoms with Crippen LogP contribution in [0.4, 0.5) is 0 Å². The number of carbonyl (C=O) groups excluding carboxylic acids is 1. The zero-order chi connectivity index (χ0) is 12.5. The van der Waals surface area contributed by atoms with Gasteiger partial charge in [0.25, 0.3) is 0 Å². The van der Waals surface area contributed by atoms with Crippen LogP contribution in [-0.2, 0) is 14.3 Å². The van der Waals surface area contributed by atoms with Gasteiger partial charge in [0, 0.05) is 6.61 Å². The van der Waals surface area contributed by atoms with Gasteiger partial charge in [-0.2, -0.15) is 0 Å². The largest absolute Gasteiger partial charge is 0.463 e. The second kappa shape index (κ2) is 8.29. The van der Waals surface area contributed by atoms with Crippen molar-refractivity contribution in [2.75, 3.05) is 19.8 Å². The molecule has 0 bridgehead atoms. The molecule has 1 fully saturated rings. The quantitative estimate of drug-likeness (QED) is 0.528. The van der Waals surface area contributed by atoms with E-state index in [1.54, 1.807) is 0 Å². The average Bonchev–Trinajstić information content (AvgIpc) is 2.36. The predicted molar refractivity (Wildman–Crippen MR) is 67.8 cm³/mol. The molecule has 0 spiro atoms.